The van der Waals surface area contributed by atoms with E-state index in [-0.39, 0.29) is 0 Å². The number of aromatic nitrogens is 3. The molecule has 0 spiro atoms. The minimum Gasteiger partial charge on any atom is -0.329 e. The summed E-state index contributed by atoms with van der Waals surface area (Å²) in [6, 6.07) is 2.38. The zero-order valence-corrected chi connectivity index (χ0v) is 12.4. The van der Waals surface area contributed by atoms with Gasteiger partial charge in [0.2, 0.25) is 0 Å². The van der Waals surface area contributed by atoms with E-state index >= 15 is 0 Å². The third-order valence-corrected chi connectivity index (χ3v) is 4.47. The van der Waals surface area contributed by atoms with Crippen LogP contribution in [0.25, 0.3) is 11.2 Å². The first kappa shape index (κ1) is 13.1. The molecular formula is C14H18ClN3S. The molecule has 2 aromatic rings. The van der Waals surface area contributed by atoms with Crippen molar-refractivity contribution in [1.29, 1.82) is 0 Å². The average Bonchev–Trinajstić information content (AvgIpc) is 2.64. The lowest BCUT2D eigenvalue weighted by atomic mass is 9.96. The van der Waals surface area contributed by atoms with Gasteiger partial charge in [-0.25, -0.2) is 4.98 Å². The molecule has 2 heterocycles. The molecule has 0 unspecified atom stereocenters. The van der Waals surface area contributed by atoms with Crippen LogP contribution in [0.3, 0.4) is 0 Å². The van der Waals surface area contributed by atoms with Gasteiger partial charge in [0.25, 0.3) is 0 Å². The van der Waals surface area contributed by atoms with Crippen molar-refractivity contribution < 1.29 is 0 Å². The van der Waals surface area contributed by atoms with Gasteiger partial charge in [-0.1, -0.05) is 43.7 Å². The summed E-state index contributed by atoms with van der Waals surface area (Å²) >= 11 is 11.5. The Balaban J connectivity index is 2.02. The Morgan fingerprint density at radius 2 is 1.89 bits per heavy atom. The van der Waals surface area contributed by atoms with Crippen molar-refractivity contribution >= 4 is 35.0 Å². The predicted molar refractivity (Wildman–Crippen MR) is 81.3 cm³/mol. The number of aromatic amines is 1. The van der Waals surface area contributed by atoms with E-state index in [0.29, 0.717) is 11.1 Å². The van der Waals surface area contributed by atoms with Crippen LogP contribution in [0.4, 0.5) is 0 Å². The molecule has 3 rings (SSSR count). The molecule has 0 radical (unpaired) electrons. The maximum atomic E-state index is 5.99. The van der Waals surface area contributed by atoms with E-state index in [4.69, 9.17) is 23.8 Å². The number of hydrogen-bond acceptors (Lipinski definition) is 2. The Hall–Kier alpha value is -0.870. The number of H-pyrrole nitrogens is 1. The van der Waals surface area contributed by atoms with Gasteiger partial charge < -0.3 is 4.98 Å². The lowest BCUT2D eigenvalue weighted by Crippen LogP contribution is -2.11. The number of nitrogens with one attached hydrogen (secondary N) is 1. The van der Waals surface area contributed by atoms with Crippen molar-refractivity contribution in [3.8, 4) is 0 Å². The van der Waals surface area contributed by atoms with Crippen LogP contribution in [0.1, 0.15) is 51.0 Å². The van der Waals surface area contributed by atoms with Gasteiger partial charge in [-0.3, -0.25) is 4.57 Å². The van der Waals surface area contributed by atoms with Crippen molar-refractivity contribution in [1.82, 2.24) is 14.5 Å². The third kappa shape index (κ3) is 2.70. The molecule has 1 N–H and O–H groups in total. The number of halogens is 1. The molecule has 1 aliphatic carbocycles. The van der Waals surface area contributed by atoms with E-state index in [2.05, 4.69) is 14.5 Å². The topological polar surface area (TPSA) is 33.6 Å². The smallest absolute Gasteiger partial charge is 0.179 e. The quantitative estimate of drug-likeness (QED) is 0.748. The van der Waals surface area contributed by atoms with Gasteiger partial charge >= 0.3 is 0 Å². The van der Waals surface area contributed by atoms with Crippen molar-refractivity contribution in [3.63, 3.8) is 0 Å². The molecule has 2 aromatic heterocycles. The second-order valence-corrected chi connectivity index (χ2v) is 6.15. The van der Waals surface area contributed by atoms with Gasteiger partial charge in [0.15, 0.2) is 10.4 Å². The summed E-state index contributed by atoms with van der Waals surface area (Å²) in [5.41, 5.74) is 1.89. The van der Waals surface area contributed by atoms with E-state index in [9.17, 15) is 0 Å². The molecule has 1 saturated carbocycles. The fraction of sp³-hybridized carbons (Fsp3) is 0.571. The van der Waals surface area contributed by atoms with Crippen molar-refractivity contribution in [2.24, 2.45) is 0 Å². The van der Waals surface area contributed by atoms with Crippen LogP contribution < -0.4 is 0 Å². The second-order valence-electron chi connectivity index (χ2n) is 5.32. The maximum absolute atomic E-state index is 5.99. The maximum Gasteiger partial charge on any atom is 0.179 e. The van der Waals surface area contributed by atoms with Gasteiger partial charge in [-0.05, 0) is 31.1 Å². The molecule has 0 saturated heterocycles. The van der Waals surface area contributed by atoms with E-state index in [0.717, 1.165) is 15.9 Å². The number of rotatable bonds is 1. The summed E-state index contributed by atoms with van der Waals surface area (Å²) in [4.78, 5) is 7.70. The van der Waals surface area contributed by atoms with Crippen molar-refractivity contribution in [3.05, 3.63) is 22.1 Å². The predicted octanol–water partition coefficient (Wildman–Crippen LogP) is 5.03. The van der Waals surface area contributed by atoms with Crippen LogP contribution in [0.15, 0.2) is 12.3 Å². The highest BCUT2D eigenvalue weighted by molar-refractivity contribution is 7.71. The first-order valence-electron chi connectivity index (χ1n) is 7.01. The first-order chi connectivity index (χ1) is 9.25. The summed E-state index contributed by atoms with van der Waals surface area (Å²) in [6.45, 7) is 0. The van der Waals surface area contributed by atoms with Crippen LogP contribution in [0.5, 0.6) is 0 Å². The molecule has 0 bridgehead atoms. The summed E-state index contributed by atoms with van der Waals surface area (Å²) in [5.74, 6) is 0. The summed E-state index contributed by atoms with van der Waals surface area (Å²) in [7, 11) is 0. The van der Waals surface area contributed by atoms with Gasteiger partial charge in [0.05, 0.1) is 10.5 Å². The Kier molecular flexibility index (Phi) is 3.89. The molecule has 0 aliphatic heterocycles. The normalized spacial score (nSPS) is 18.4. The highest BCUT2D eigenvalue weighted by atomic mass is 35.5. The minimum absolute atomic E-state index is 0.482. The molecular weight excluding hydrogens is 278 g/mol. The molecule has 1 aliphatic rings. The van der Waals surface area contributed by atoms with E-state index < -0.39 is 0 Å². The van der Waals surface area contributed by atoms with E-state index in [1.165, 1.54) is 44.9 Å². The summed E-state index contributed by atoms with van der Waals surface area (Å²) in [5, 5.41) is 0.647. The largest absolute Gasteiger partial charge is 0.329 e. The third-order valence-electron chi connectivity index (χ3n) is 3.96. The number of pyridine rings is 1. The molecule has 102 valence electrons. The fourth-order valence-electron chi connectivity index (χ4n) is 3.02. The van der Waals surface area contributed by atoms with Crippen molar-refractivity contribution in [2.45, 2.75) is 51.0 Å². The lowest BCUT2D eigenvalue weighted by molar-refractivity contribution is 0.374. The Labute approximate surface area is 123 Å². The monoisotopic (exact) mass is 295 g/mol. The lowest BCUT2D eigenvalue weighted by Gasteiger charge is -2.21. The molecule has 0 amide bonds. The van der Waals surface area contributed by atoms with E-state index in [1.54, 1.807) is 6.20 Å². The minimum atomic E-state index is 0.482. The number of imidazole rings is 1. The zero-order valence-electron chi connectivity index (χ0n) is 10.9. The molecule has 3 nitrogen and oxygen atoms in total. The van der Waals surface area contributed by atoms with Crippen LogP contribution in [-0.2, 0) is 0 Å². The molecule has 5 heteroatoms. The Bertz CT molecular complexity index is 623. The standard InChI is InChI=1S/C14H18ClN3S/c15-10-8-12-13(16-9-10)18(14(19)17-12)11-6-4-2-1-3-5-7-11/h8-9,11H,1-7H2,(H,17,19). The number of nitrogens with zero attached hydrogens (tertiary/aromatic N) is 2. The van der Waals surface area contributed by atoms with Crippen molar-refractivity contribution in [2.75, 3.05) is 0 Å². The second kappa shape index (κ2) is 5.63. The van der Waals surface area contributed by atoms with E-state index in [1.807, 2.05) is 6.07 Å². The fourth-order valence-corrected chi connectivity index (χ4v) is 3.52. The average molecular weight is 296 g/mol. The van der Waals surface area contributed by atoms with Gasteiger partial charge in [0, 0.05) is 12.2 Å². The van der Waals surface area contributed by atoms with Crippen LogP contribution in [0, 0.1) is 4.77 Å². The Morgan fingerprint density at radius 1 is 1.21 bits per heavy atom. The number of hydrogen-bond donors (Lipinski definition) is 1. The SMILES string of the molecule is S=c1[nH]c2cc(Cl)cnc2n1C1CCCCCCC1. The van der Waals surface area contributed by atoms with Crippen LogP contribution >= 0.6 is 23.8 Å². The highest BCUT2D eigenvalue weighted by Crippen LogP contribution is 2.29. The zero-order chi connectivity index (χ0) is 13.2. The molecule has 0 atom stereocenters. The van der Waals surface area contributed by atoms with Gasteiger partial charge in [-0.2, -0.15) is 0 Å². The van der Waals surface area contributed by atoms with Gasteiger partial charge in [0.1, 0.15) is 0 Å². The number of fused-ring (bicyclic) bond motifs is 1. The van der Waals surface area contributed by atoms with Gasteiger partial charge in [-0.15, -0.1) is 0 Å². The molecule has 1 fully saturated rings. The molecule has 19 heavy (non-hydrogen) atoms. The summed E-state index contributed by atoms with van der Waals surface area (Å²) in [6.07, 6.45) is 10.7. The molecule has 0 aromatic carbocycles. The highest BCUT2D eigenvalue weighted by Gasteiger charge is 2.17. The van der Waals surface area contributed by atoms with Crippen LogP contribution in [-0.4, -0.2) is 14.5 Å². The van der Waals surface area contributed by atoms with Crippen LogP contribution in [0.2, 0.25) is 5.02 Å². The Morgan fingerprint density at radius 3 is 2.63 bits per heavy atom. The summed E-state index contributed by atoms with van der Waals surface area (Å²) < 4.78 is 2.97. The first-order valence-corrected chi connectivity index (χ1v) is 7.80.